The van der Waals surface area contributed by atoms with E-state index in [1.807, 2.05) is 24.3 Å². The molecule has 0 saturated carbocycles. The monoisotopic (exact) mass is 318 g/mol. The number of hydrogen-bond donors (Lipinski definition) is 1. The molecule has 2 atom stereocenters. The van der Waals surface area contributed by atoms with Crippen molar-refractivity contribution in [1.29, 1.82) is 0 Å². The zero-order chi connectivity index (χ0) is 15.4. The van der Waals surface area contributed by atoms with Crippen molar-refractivity contribution in [3.05, 3.63) is 24.3 Å². The van der Waals surface area contributed by atoms with Gasteiger partial charge in [0.05, 0.1) is 17.0 Å². The molecule has 4 nitrogen and oxygen atoms in total. The van der Waals surface area contributed by atoms with Gasteiger partial charge >= 0.3 is 5.97 Å². The molecule has 0 unspecified atom stereocenters. The largest absolute Gasteiger partial charge is 0.461 e. The molecule has 22 heavy (non-hydrogen) atoms. The predicted molar refractivity (Wildman–Crippen MR) is 88.9 cm³/mol. The molecule has 2 heterocycles. The fourth-order valence-electron chi connectivity index (χ4n) is 2.87. The van der Waals surface area contributed by atoms with Gasteiger partial charge in [-0.3, -0.25) is 4.79 Å². The van der Waals surface area contributed by atoms with Crippen molar-refractivity contribution in [3.8, 4) is 0 Å². The fourth-order valence-corrected chi connectivity index (χ4v) is 3.76. The summed E-state index contributed by atoms with van der Waals surface area (Å²) in [5.74, 6) is 0.870. The number of nitrogens with one attached hydrogen (secondary N) is 1. The molecule has 0 spiro atoms. The molecule has 1 N–H and O–H groups in total. The van der Waals surface area contributed by atoms with Gasteiger partial charge in [-0.1, -0.05) is 50.1 Å². The van der Waals surface area contributed by atoms with Crippen molar-refractivity contribution in [2.45, 2.75) is 50.3 Å². The van der Waals surface area contributed by atoms with Crippen LogP contribution in [0, 0.1) is 5.92 Å². The number of unbranched alkanes of at least 4 members (excludes halogenated alkanes) is 2. The number of imidazole rings is 1. The Hall–Kier alpha value is -1.49. The van der Waals surface area contributed by atoms with E-state index in [-0.39, 0.29) is 18.0 Å². The first kappa shape index (κ1) is 15.4. The molecular weight excluding hydrogens is 296 g/mol. The molecule has 0 bridgehead atoms. The van der Waals surface area contributed by atoms with E-state index in [1.54, 1.807) is 11.8 Å². The number of thioether (sulfide) groups is 1. The number of H-pyrrole nitrogens is 1. The van der Waals surface area contributed by atoms with Gasteiger partial charge in [-0.05, 0) is 25.0 Å². The quantitative estimate of drug-likeness (QED) is 0.473. The van der Waals surface area contributed by atoms with E-state index in [0.717, 1.165) is 41.2 Å². The topological polar surface area (TPSA) is 55.0 Å². The number of nitrogens with zero attached hydrogens (tertiary/aromatic N) is 1. The van der Waals surface area contributed by atoms with Crippen LogP contribution < -0.4 is 0 Å². The summed E-state index contributed by atoms with van der Waals surface area (Å²) in [5.41, 5.74) is 2.02. The Balaban J connectivity index is 1.50. The van der Waals surface area contributed by atoms with Crippen LogP contribution in [0.15, 0.2) is 29.4 Å². The number of aromatic nitrogens is 2. The lowest BCUT2D eigenvalue weighted by Crippen LogP contribution is -2.09. The van der Waals surface area contributed by atoms with Crippen molar-refractivity contribution >= 4 is 28.8 Å². The van der Waals surface area contributed by atoms with Gasteiger partial charge in [-0.2, -0.15) is 0 Å². The third-order valence-electron chi connectivity index (χ3n) is 4.09. The molecule has 1 aliphatic heterocycles. The highest BCUT2D eigenvalue weighted by molar-refractivity contribution is 7.99. The molecule has 1 aliphatic rings. The first-order chi connectivity index (χ1) is 10.8. The van der Waals surface area contributed by atoms with Crippen LogP contribution in [0.3, 0.4) is 0 Å². The minimum absolute atomic E-state index is 0.00805. The van der Waals surface area contributed by atoms with Gasteiger partial charge in [0.2, 0.25) is 0 Å². The highest BCUT2D eigenvalue weighted by Crippen LogP contribution is 2.30. The number of carbonyl (C=O) groups is 1. The Bertz CT molecular complexity index is 607. The second-order valence-electron chi connectivity index (χ2n) is 5.86. The number of hydrogen-bond acceptors (Lipinski definition) is 4. The lowest BCUT2D eigenvalue weighted by Gasteiger charge is -2.06. The summed E-state index contributed by atoms with van der Waals surface area (Å²) in [6.45, 7) is 2.18. The van der Waals surface area contributed by atoms with Gasteiger partial charge in [0, 0.05) is 5.75 Å². The van der Waals surface area contributed by atoms with Crippen molar-refractivity contribution in [2.24, 2.45) is 5.92 Å². The third kappa shape index (κ3) is 3.64. The van der Waals surface area contributed by atoms with E-state index < -0.39 is 0 Å². The number of esters is 1. The van der Waals surface area contributed by atoms with Crippen LogP contribution >= 0.6 is 11.8 Å². The highest BCUT2D eigenvalue weighted by Gasteiger charge is 2.33. The van der Waals surface area contributed by atoms with E-state index in [0.29, 0.717) is 0 Å². The van der Waals surface area contributed by atoms with Crippen LogP contribution in [0.4, 0.5) is 0 Å². The van der Waals surface area contributed by atoms with Gasteiger partial charge in [0.15, 0.2) is 5.16 Å². The molecule has 1 aromatic carbocycles. The smallest absolute Gasteiger partial charge is 0.309 e. The summed E-state index contributed by atoms with van der Waals surface area (Å²) >= 11 is 1.63. The fraction of sp³-hybridized carbons (Fsp3) is 0.529. The van der Waals surface area contributed by atoms with E-state index in [4.69, 9.17) is 4.74 Å². The lowest BCUT2D eigenvalue weighted by molar-refractivity contribution is -0.143. The van der Waals surface area contributed by atoms with Crippen molar-refractivity contribution in [1.82, 2.24) is 9.97 Å². The first-order valence-corrected chi connectivity index (χ1v) is 9.03. The number of para-hydroxylation sites is 2. The molecule has 0 radical (unpaired) electrons. The second kappa shape index (κ2) is 7.18. The molecular formula is C17H22N2O2S. The minimum Gasteiger partial charge on any atom is -0.461 e. The van der Waals surface area contributed by atoms with Crippen LogP contribution in [0.2, 0.25) is 0 Å². The lowest BCUT2D eigenvalue weighted by atomic mass is 9.98. The van der Waals surface area contributed by atoms with Crippen molar-refractivity contribution < 1.29 is 9.53 Å². The second-order valence-corrected chi connectivity index (χ2v) is 6.87. The maximum absolute atomic E-state index is 11.9. The number of cyclic esters (lactones) is 1. The number of aromatic amines is 1. The number of rotatable bonds is 7. The molecule has 5 heteroatoms. The molecule has 2 aromatic rings. The van der Waals surface area contributed by atoms with Crippen LogP contribution in [-0.2, 0) is 9.53 Å². The Morgan fingerprint density at radius 1 is 1.36 bits per heavy atom. The number of ether oxygens (including phenoxy) is 1. The SMILES string of the molecule is CCCCC[C@H]1C[C@H](CSc2nc3ccccc3[nH]2)OC1=O. The zero-order valence-electron chi connectivity index (χ0n) is 12.9. The summed E-state index contributed by atoms with van der Waals surface area (Å²) in [4.78, 5) is 19.7. The van der Waals surface area contributed by atoms with Crippen molar-refractivity contribution in [2.75, 3.05) is 5.75 Å². The first-order valence-electron chi connectivity index (χ1n) is 8.04. The molecule has 118 valence electrons. The average molecular weight is 318 g/mol. The van der Waals surface area contributed by atoms with E-state index >= 15 is 0 Å². The average Bonchev–Trinajstić information content (AvgIpc) is 3.09. The summed E-state index contributed by atoms with van der Waals surface area (Å²) in [7, 11) is 0. The standard InChI is InChI=1S/C17H22N2O2S/c1-2-3-4-7-12-10-13(21-16(12)20)11-22-17-18-14-8-5-6-9-15(14)19-17/h5-6,8-9,12-13H,2-4,7,10-11H2,1H3,(H,18,19)/t12-,13+/m0/s1. The maximum Gasteiger partial charge on any atom is 0.309 e. The number of benzene rings is 1. The molecule has 1 fully saturated rings. The molecule has 1 saturated heterocycles. The van der Waals surface area contributed by atoms with E-state index in [9.17, 15) is 4.79 Å². The Morgan fingerprint density at radius 3 is 3.05 bits per heavy atom. The van der Waals surface area contributed by atoms with E-state index in [2.05, 4.69) is 16.9 Å². The van der Waals surface area contributed by atoms with Crippen LogP contribution in [0.1, 0.15) is 39.0 Å². The van der Waals surface area contributed by atoms with Crippen molar-refractivity contribution in [3.63, 3.8) is 0 Å². The van der Waals surface area contributed by atoms with E-state index in [1.165, 1.54) is 12.8 Å². The van der Waals surface area contributed by atoms with Gasteiger partial charge in [0.25, 0.3) is 0 Å². The summed E-state index contributed by atoms with van der Waals surface area (Å²) < 4.78 is 5.50. The highest BCUT2D eigenvalue weighted by atomic mass is 32.2. The number of fused-ring (bicyclic) bond motifs is 1. The van der Waals surface area contributed by atoms with Gasteiger partial charge in [0.1, 0.15) is 6.10 Å². The summed E-state index contributed by atoms with van der Waals surface area (Å²) in [5, 5.41) is 0.895. The minimum atomic E-state index is -0.00805. The van der Waals surface area contributed by atoms with Gasteiger partial charge in [-0.25, -0.2) is 4.98 Å². The Kier molecular flexibility index (Phi) is 5.03. The zero-order valence-corrected chi connectivity index (χ0v) is 13.7. The Morgan fingerprint density at radius 2 is 2.23 bits per heavy atom. The Labute approximate surface area is 135 Å². The molecule has 0 aliphatic carbocycles. The summed E-state index contributed by atoms with van der Waals surface area (Å²) in [6.07, 6.45) is 5.36. The molecule has 3 rings (SSSR count). The van der Waals surface area contributed by atoms with Crippen LogP contribution in [0.5, 0.6) is 0 Å². The summed E-state index contributed by atoms with van der Waals surface area (Å²) in [6, 6.07) is 7.99. The van der Waals surface area contributed by atoms with Gasteiger partial charge in [-0.15, -0.1) is 0 Å². The van der Waals surface area contributed by atoms with Crippen LogP contribution in [-0.4, -0.2) is 27.8 Å². The predicted octanol–water partition coefficient (Wildman–Crippen LogP) is 4.17. The van der Waals surface area contributed by atoms with Crippen LogP contribution in [0.25, 0.3) is 11.0 Å². The normalized spacial score (nSPS) is 21.4. The van der Waals surface area contributed by atoms with Gasteiger partial charge < -0.3 is 9.72 Å². The third-order valence-corrected chi connectivity index (χ3v) is 5.10. The molecule has 1 aromatic heterocycles. The maximum atomic E-state index is 11.9. The number of carbonyl (C=O) groups excluding carboxylic acids is 1. The molecule has 0 amide bonds.